The summed E-state index contributed by atoms with van der Waals surface area (Å²) in [6, 6.07) is 8.50. The molecule has 4 heteroatoms. The SMILES string of the molecule is Cc1ccc(SCC(=O)N2CCCC(C(C)N)C2)cc1. The smallest absolute Gasteiger partial charge is 0.232 e. The molecule has 1 amide bonds. The van der Waals surface area contributed by atoms with Crippen molar-refractivity contribution in [3.63, 3.8) is 0 Å². The minimum absolute atomic E-state index is 0.176. The third kappa shape index (κ3) is 4.25. The number of rotatable bonds is 4. The molecule has 0 spiro atoms. The van der Waals surface area contributed by atoms with Gasteiger partial charge in [0.2, 0.25) is 5.91 Å². The van der Waals surface area contributed by atoms with E-state index >= 15 is 0 Å². The van der Waals surface area contributed by atoms with E-state index < -0.39 is 0 Å². The lowest BCUT2D eigenvalue weighted by Gasteiger charge is -2.34. The number of piperidine rings is 1. The van der Waals surface area contributed by atoms with Crippen LogP contribution in [0.4, 0.5) is 0 Å². The average molecular weight is 292 g/mol. The first-order valence-electron chi connectivity index (χ1n) is 7.29. The molecule has 1 saturated heterocycles. The summed E-state index contributed by atoms with van der Waals surface area (Å²) >= 11 is 1.62. The summed E-state index contributed by atoms with van der Waals surface area (Å²) in [4.78, 5) is 15.4. The van der Waals surface area contributed by atoms with Gasteiger partial charge < -0.3 is 10.6 Å². The van der Waals surface area contributed by atoms with Crippen LogP contribution in [-0.4, -0.2) is 35.7 Å². The van der Waals surface area contributed by atoms with Crippen molar-refractivity contribution in [1.29, 1.82) is 0 Å². The lowest BCUT2D eigenvalue weighted by atomic mass is 9.92. The Bertz CT molecular complexity index is 444. The Morgan fingerprint density at radius 2 is 2.15 bits per heavy atom. The normalized spacial score (nSPS) is 20.8. The van der Waals surface area contributed by atoms with E-state index in [1.807, 2.05) is 11.8 Å². The van der Waals surface area contributed by atoms with Gasteiger partial charge in [-0.25, -0.2) is 0 Å². The van der Waals surface area contributed by atoms with E-state index in [9.17, 15) is 4.79 Å². The number of likely N-dealkylation sites (tertiary alicyclic amines) is 1. The number of benzene rings is 1. The number of aryl methyl sites for hydroxylation is 1. The minimum atomic E-state index is 0.176. The Morgan fingerprint density at radius 3 is 2.80 bits per heavy atom. The number of hydrogen-bond donors (Lipinski definition) is 1. The summed E-state index contributed by atoms with van der Waals surface area (Å²) in [5, 5.41) is 0. The van der Waals surface area contributed by atoms with Gasteiger partial charge in [-0.1, -0.05) is 17.7 Å². The predicted octanol–water partition coefficient (Wildman–Crippen LogP) is 2.67. The summed E-state index contributed by atoms with van der Waals surface area (Å²) in [5.74, 6) is 1.22. The van der Waals surface area contributed by atoms with E-state index in [1.54, 1.807) is 11.8 Å². The van der Waals surface area contributed by atoms with Crippen LogP contribution in [0.2, 0.25) is 0 Å². The highest BCUT2D eigenvalue weighted by Gasteiger charge is 2.25. The summed E-state index contributed by atoms with van der Waals surface area (Å²) in [5.41, 5.74) is 7.21. The van der Waals surface area contributed by atoms with Gasteiger partial charge in [-0.15, -0.1) is 11.8 Å². The van der Waals surface area contributed by atoms with Crippen LogP contribution in [0.25, 0.3) is 0 Å². The molecule has 2 atom stereocenters. The molecular weight excluding hydrogens is 268 g/mol. The Balaban J connectivity index is 1.83. The molecule has 2 unspecified atom stereocenters. The molecule has 3 nitrogen and oxygen atoms in total. The van der Waals surface area contributed by atoms with Crippen LogP contribution in [-0.2, 0) is 4.79 Å². The number of carbonyl (C=O) groups excluding carboxylic acids is 1. The summed E-state index contributed by atoms with van der Waals surface area (Å²) < 4.78 is 0. The summed E-state index contributed by atoms with van der Waals surface area (Å²) in [6.45, 7) is 5.82. The molecule has 1 aliphatic heterocycles. The first kappa shape index (κ1) is 15.4. The maximum Gasteiger partial charge on any atom is 0.232 e. The topological polar surface area (TPSA) is 46.3 Å². The van der Waals surface area contributed by atoms with Crippen LogP contribution in [0.5, 0.6) is 0 Å². The van der Waals surface area contributed by atoms with Crippen molar-refractivity contribution in [1.82, 2.24) is 4.90 Å². The molecule has 2 rings (SSSR count). The minimum Gasteiger partial charge on any atom is -0.342 e. The molecule has 1 heterocycles. The molecule has 0 aliphatic carbocycles. The second-order valence-corrected chi connectivity index (χ2v) is 6.75. The van der Waals surface area contributed by atoms with Gasteiger partial charge in [-0.05, 0) is 44.7 Å². The van der Waals surface area contributed by atoms with Gasteiger partial charge in [0, 0.05) is 24.0 Å². The number of nitrogens with zero attached hydrogens (tertiary/aromatic N) is 1. The number of amides is 1. The van der Waals surface area contributed by atoms with E-state index in [1.165, 1.54) is 5.56 Å². The van der Waals surface area contributed by atoms with Crippen molar-refractivity contribution in [3.8, 4) is 0 Å². The Labute approximate surface area is 125 Å². The fourth-order valence-electron chi connectivity index (χ4n) is 2.54. The van der Waals surface area contributed by atoms with E-state index in [2.05, 4.69) is 31.2 Å². The Hall–Kier alpha value is -1.00. The van der Waals surface area contributed by atoms with Gasteiger partial charge in [-0.3, -0.25) is 4.79 Å². The van der Waals surface area contributed by atoms with Crippen molar-refractivity contribution in [3.05, 3.63) is 29.8 Å². The number of nitrogens with two attached hydrogens (primary N) is 1. The number of thioether (sulfide) groups is 1. The number of carbonyl (C=O) groups is 1. The van der Waals surface area contributed by atoms with E-state index in [4.69, 9.17) is 5.73 Å². The van der Waals surface area contributed by atoms with Gasteiger partial charge >= 0.3 is 0 Å². The zero-order valence-electron chi connectivity index (χ0n) is 12.3. The lowest BCUT2D eigenvalue weighted by molar-refractivity contribution is -0.130. The predicted molar refractivity (Wildman–Crippen MR) is 84.9 cm³/mol. The Morgan fingerprint density at radius 1 is 1.45 bits per heavy atom. The average Bonchev–Trinajstić information content (AvgIpc) is 2.46. The second kappa shape index (κ2) is 7.14. The molecular formula is C16H24N2OS. The summed E-state index contributed by atoms with van der Waals surface area (Å²) in [6.07, 6.45) is 2.22. The van der Waals surface area contributed by atoms with Gasteiger partial charge in [0.1, 0.15) is 0 Å². The van der Waals surface area contributed by atoms with Crippen molar-refractivity contribution >= 4 is 17.7 Å². The first-order valence-corrected chi connectivity index (χ1v) is 8.27. The van der Waals surface area contributed by atoms with Crippen molar-refractivity contribution in [2.24, 2.45) is 11.7 Å². The molecule has 1 aromatic carbocycles. The first-order chi connectivity index (χ1) is 9.56. The standard InChI is InChI=1S/C16H24N2OS/c1-12-5-7-15(8-6-12)20-11-16(19)18-9-3-4-14(10-18)13(2)17/h5-8,13-14H,3-4,9-11,17H2,1-2H3. The molecule has 20 heavy (non-hydrogen) atoms. The number of hydrogen-bond acceptors (Lipinski definition) is 3. The molecule has 0 bridgehead atoms. The Kier molecular flexibility index (Phi) is 5.49. The summed E-state index contributed by atoms with van der Waals surface area (Å²) in [7, 11) is 0. The van der Waals surface area contributed by atoms with Gasteiger partial charge in [0.15, 0.2) is 0 Å². The zero-order valence-corrected chi connectivity index (χ0v) is 13.2. The van der Waals surface area contributed by atoms with E-state index in [0.29, 0.717) is 11.7 Å². The molecule has 0 saturated carbocycles. The van der Waals surface area contributed by atoms with Gasteiger partial charge in [-0.2, -0.15) is 0 Å². The van der Waals surface area contributed by atoms with Crippen LogP contribution in [0.1, 0.15) is 25.3 Å². The molecule has 2 N–H and O–H groups in total. The third-order valence-corrected chi connectivity index (χ3v) is 4.93. The fourth-order valence-corrected chi connectivity index (χ4v) is 3.34. The van der Waals surface area contributed by atoms with Crippen LogP contribution >= 0.6 is 11.8 Å². The highest BCUT2D eigenvalue weighted by molar-refractivity contribution is 8.00. The maximum absolute atomic E-state index is 12.3. The van der Waals surface area contributed by atoms with Crippen LogP contribution in [0, 0.1) is 12.8 Å². The third-order valence-electron chi connectivity index (χ3n) is 3.94. The lowest BCUT2D eigenvalue weighted by Crippen LogP contribution is -2.45. The largest absolute Gasteiger partial charge is 0.342 e. The molecule has 0 aromatic heterocycles. The highest BCUT2D eigenvalue weighted by Crippen LogP contribution is 2.22. The maximum atomic E-state index is 12.3. The monoisotopic (exact) mass is 292 g/mol. The van der Waals surface area contributed by atoms with Crippen molar-refractivity contribution in [2.45, 2.75) is 37.6 Å². The second-order valence-electron chi connectivity index (χ2n) is 5.70. The van der Waals surface area contributed by atoms with Crippen molar-refractivity contribution < 1.29 is 4.79 Å². The van der Waals surface area contributed by atoms with Gasteiger partial charge in [0.05, 0.1) is 5.75 Å². The quantitative estimate of drug-likeness (QED) is 0.868. The van der Waals surface area contributed by atoms with E-state index in [0.717, 1.165) is 30.8 Å². The van der Waals surface area contributed by atoms with E-state index in [-0.39, 0.29) is 11.9 Å². The van der Waals surface area contributed by atoms with Gasteiger partial charge in [0.25, 0.3) is 0 Å². The van der Waals surface area contributed by atoms with Crippen LogP contribution in [0.15, 0.2) is 29.2 Å². The zero-order chi connectivity index (χ0) is 14.5. The fraction of sp³-hybridized carbons (Fsp3) is 0.562. The molecule has 1 aromatic rings. The van der Waals surface area contributed by atoms with Crippen LogP contribution < -0.4 is 5.73 Å². The molecule has 110 valence electrons. The van der Waals surface area contributed by atoms with Crippen LogP contribution in [0.3, 0.4) is 0 Å². The highest BCUT2D eigenvalue weighted by atomic mass is 32.2. The molecule has 1 aliphatic rings. The molecule has 1 fully saturated rings. The molecule has 0 radical (unpaired) electrons. The van der Waals surface area contributed by atoms with Crippen molar-refractivity contribution in [2.75, 3.05) is 18.8 Å².